The lowest BCUT2D eigenvalue weighted by Gasteiger charge is -2.34. The molecule has 0 N–H and O–H groups in total. The Labute approximate surface area is 367 Å². The second-order valence-corrected chi connectivity index (χ2v) is 16.4. The van der Waals surface area contributed by atoms with Crippen molar-refractivity contribution >= 4 is 21.5 Å². The van der Waals surface area contributed by atoms with Gasteiger partial charge in [-0.15, -0.1) is 0 Å². The van der Waals surface area contributed by atoms with E-state index in [1.165, 1.54) is 71.8 Å². The average Bonchev–Trinajstić information content (AvgIpc) is 3.68. The Morgan fingerprint density at radius 2 is 0.825 bits per heavy atom. The topological polar surface area (TPSA) is 25.8 Å². The van der Waals surface area contributed by atoms with Crippen LogP contribution in [0.25, 0.3) is 88.8 Å². The third-order valence-corrected chi connectivity index (χ3v) is 13.0. The van der Waals surface area contributed by atoms with Gasteiger partial charge in [-0.25, -0.2) is 9.97 Å². The zero-order valence-electron chi connectivity index (χ0n) is 34.5. The maximum absolute atomic E-state index is 5.31. The molecule has 12 rings (SSSR count). The van der Waals surface area contributed by atoms with Crippen LogP contribution in [0.3, 0.4) is 0 Å². The van der Waals surface area contributed by atoms with Gasteiger partial charge in [0.05, 0.1) is 16.8 Å². The molecule has 2 heteroatoms. The molecule has 294 valence electrons. The minimum absolute atomic E-state index is 0.473. The van der Waals surface area contributed by atoms with E-state index < -0.39 is 5.41 Å². The lowest BCUT2D eigenvalue weighted by molar-refractivity contribution is 0.768. The summed E-state index contributed by atoms with van der Waals surface area (Å²) in [6.07, 6.45) is 0. The van der Waals surface area contributed by atoms with Crippen LogP contribution in [-0.2, 0) is 5.41 Å². The Morgan fingerprint density at radius 3 is 1.57 bits per heavy atom. The molecule has 1 heterocycles. The SMILES string of the molecule is c1ccc(-c2nc(-c3ccc(-c4ccc5ccccc5c4)cc3)cc(-c3ccc(-c4cccc5c4-c4ccccc4C5(c4ccccc4)c4ccccc4)c4ccccc34)n2)cc1. The van der Waals surface area contributed by atoms with E-state index in [0.29, 0.717) is 5.82 Å². The van der Waals surface area contributed by atoms with Crippen molar-refractivity contribution in [3.05, 3.63) is 265 Å². The predicted molar refractivity (Wildman–Crippen MR) is 262 cm³/mol. The molecule has 0 unspecified atom stereocenters. The van der Waals surface area contributed by atoms with Gasteiger partial charge in [-0.1, -0.05) is 231 Å². The number of aromatic nitrogens is 2. The molecule has 1 aliphatic carbocycles. The molecular formula is C61H40N2. The predicted octanol–water partition coefficient (Wildman–Crippen LogP) is 15.5. The molecule has 63 heavy (non-hydrogen) atoms. The molecule has 11 aromatic rings. The average molecular weight is 801 g/mol. The Bertz CT molecular complexity index is 3440. The van der Waals surface area contributed by atoms with E-state index in [2.05, 4.69) is 224 Å². The van der Waals surface area contributed by atoms with E-state index in [4.69, 9.17) is 9.97 Å². The van der Waals surface area contributed by atoms with Crippen molar-refractivity contribution in [1.82, 2.24) is 9.97 Å². The number of nitrogens with zero attached hydrogens (tertiary/aromatic N) is 2. The van der Waals surface area contributed by atoms with Gasteiger partial charge in [0.25, 0.3) is 0 Å². The minimum Gasteiger partial charge on any atom is -0.228 e. The van der Waals surface area contributed by atoms with Crippen molar-refractivity contribution in [3.63, 3.8) is 0 Å². The van der Waals surface area contributed by atoms with Crippen LogP contribution in [0.5, 0.6) is 0 Å². The Kier molecular flexibility index (Phi) is 8.76. The fraction of sp³-hybridized carbons (Fsp3) is 0.0164. The zero-order valence-corrected chi connectivity index (χ0v) is 34.5. The van der Waals surface area contributed by atoms with Crippen LogP contribution in [0.1, 0.15) is 22.3 Å². The van der Waals surface area contributed by atoms with Crippen molar-refractivity contribution in [3.8, 4) is 67.3 Å². The minimum atomic E-state index is -0.473. The van der Waals surface area contributed by atoms with Crippen molar-refractivity contribution < 1.29 is 0 Å². The second kappa shape index (κ2) is 15.1. The van der Waals surface area contributed by atoms with Crippen molar-refractivity contribution in [2.24, 2.45) is 0 Å². The summed E-state index contributed by atoms with van der Waals surface area (Å²) in [4.78, 5) is 10.5. The third kappa shape index (κ3) is 6.02. The Balaban J connectivity index is 1.02. The van der Waals surface area contributed by atoms with Gasteiger partial charge in [0, 0.05) is 16.7 Å². The summed E-state index contributed by atoms with van der Waals surface area (Å²) in [7, 11) is 0. The lowest BCUT2D eigenvalue weighted by atomic mass is 9.67. The molecule has 0 radical (unpaired) electrons. The molecule has 1 aromatic heterocycles. The van der Waals surface area contributed by atoms with Crippen LogP contribution in [0.15, 0.2) is 243 Å². The highest BCUT2D eigenvalue weighted by Crippen LogP contribution is 2.58. The van der Waals surface area contributed by atoms with Gasteiger partial charge < -0.3 is 0 Å². The van der Waals surface area contributed by atoms with Crippen molar-refractivity contribution in [2.45, 2.75) is 5.41 Å². The van der Waals surface area contributed by atoms with Gasteiger partial charge in [0.15, 0.2) is 5.82 Å². The maximum atomic E-state index is 5.31. The molecule has 10 aromatic carbocycles. The lowest BCUT2D eigenvalue weighted by Crippen LogP contribution is -2.28. The van der Waals surface area contributed by atoms with Crippen LogP contribution in [0.2, 0.25) is 0 Å². The molecule has 0 spiro atoms. The van der Waals surface area contributed by atoms with Gasteiger partial charge in [-0.05, 0) is 89.3 Å². The van der Waals surface area contributed by atoms with E-state index in [1.54, 1.807) is 0 Å². The smallest absolute Gasteiger partial charge is 0.160 e. The number of rotatable bonds is 7. The number of hydrogen-bond acceptors (Lipinski definition) is 2. The quantitative estimate of drug-likeness (QED) is 0.160. The fourth-order valence-electron chi connectivity index (χ4n) is 10.1. The van der Waals surface area contributed by atoms with Crippen LogP contribution >= 0.6 is 0 Å². The summed E-state index contributed by atoms with van der Waals surface area (Å²) in [5, 5.41) is 4.80. The van der Waals surface area contributed by atoms with Crippen molar-refractivity contribution in [1.29, 1.82) is 0 Å². The summed E-state index contributed by atoms with van der Waals surface area (Å²) in [5.74, 6) is 0.700. The molecule has 0 amide bonds. The molecule has 0 aliphatic heterocycles. The monoisotopic (exact) mass is 800 g/mol. The van der Waals surface area contributed by atoms with E-state index in [-0.39, 0.29) is 0 Å². The zero-order chi connectivity index (χ0) is 41.7. The fourth-order valence-corrected chi connectivity index (χ4v) is 10.1. The molecular weight excluding hydrogens is 761 g/mol. The highest BCUT2D eigenvalue weighted by Gasteiger charge is 2.46. The molecule has 1 aliphatic rings. The number of benzene rings is 10. The summed E-state index contributed by atoms with van der Waals surface area (Å²) in [5.41, 5.74) is 16.8. The maximum Gasteiger partial charge on any atom is 0.160 e. The van der Waals surface area contributed by atoms with Gasteiger partial charge in [-0.3, -0.25) is 0 Å². The number of hydrogen-bond donors (Lipinski definition) is 0. The normalized spacial score (nSPS) is 12.6. The highest BCUT2D eigenvalue weighted by molar-refractivity contribution is 6.08. The standard InChI is InChI=1S/C61H40N2/c1-4-18-44(19-5-1)60-62-57(43-34-31-42(32-35-43)46-36-33-41-17-10-11-20-45(41)39-46)40-58(63-60)52-38-37-51(49-25-12-13-26-50(49)52)53-28-16-30-56-59(53)54-27-14-15-29-55(54)61(56,47-21-6-2-7-22-47)48-23-8-3-9-24-48/h1-40H. The molecule has 2 nitrogen and oxygen atoms in total. The van der Waals surface area contributed by atoms with E-state index >= 15 is 0 Å². The number of fused-ring (bicyclic) bond motifs is 5. The summed E-state index contributed by atoms with van der Waals surface area (Å²) in [6, 6.07) is 87.7. The van der Waals surface area contributed by atoms with E-state index in [1.807, 2.05) is 18.2 Å². The third-order valence-electron chi connectivity index (χ3n) is 13.0. The van der Waals surface area contributed by atoms with E-state index in [0.717, 1.165) is 33.5 Å². The largest absolute Gasteiger partial charge is 0.228 e. The summed E-state index contributed by atoms with van der Waals surface area (Å²) in [6.45, 7) is 0. The summed E-state index contributed by atoms with van der Waals surface area (Å²) < 4.78 is 0. The first kappa shape index (κ1) is 36.6. The molecule has 0 saturated carbocycles. The van der Waals surface area contributed by atoms with Crippen LogP contribution in [0.4, 0.5) is 0 Å². The summed E-state index contributed by atoms with van der Waals surface area (Å²) >= 11 is 0. The molecule has 0 fully saturated rings. The van der Waals surface area contributed by atoms with Gasteiger partial charge in [-0.2, -0.15) is 0 Å². The Morgan fingerprint density at radius 1 is 0.286 bits per heavy atom. The molecule has 0 bridgehead atoms. The van der Waals surface area contributed by atoms with Gasteiger partial charge in [0.2, 0.25) is 0 Å². The van der Waals surface area contributed by atoms with Crippen molar-refractivity contribution in [2.75, 3.05) is 0 Å². The van der Waals surface area contributed by atoms with E-state index in [9.17, 15) is 0 Å². The van der Waals surface area contributed by atoms with Crippen LogP contribution in [-0.4, -0.2) is 9.97 Å². The van der Waals surface area contributed by atoms with Gasteiger partial charge >= 0.3 is 0 Å². The first-order valence-electron chi connectivity index (χ1n) is 21.6. The highest BCUT2D eigenvalue weighted by atomic mass is 14.9. The molecule has 0 saturated heterocycles. The Hall–Kier alpha value is -8.20. The van der Waals surface area contributed by atoms with Crippen LogP contribution < -0.4 is 0 Å². The second-order valence-electron chi connectivity index (χ2n) is 16.4. The van der Waals surface area contributed by atoms with Crippen LogP contribution in [0, 0.1) is 0 Å². The van der Waals surface area contributed by atoms with Gasteiger partial charge in [0.1, 0.15) is 0 Å². The molecule has 0 atom stereocenters. The first-order valence-corrected chi connectivity index (χ1v) is 21.6. The first-order chi connectivity index (χ1) is 31.2.